The number of rotatable bonds is 10. The van der Waals surface area contributed by atoms with Crippen molar-refractivity contribution in [2.75, 3.05) is 33.5 Å². The zero-order chi connectivity index (χ0) is 33.6. The van der Waals surface area contributed by atoms with Gasteiger partial charge < -0.3 is 23.7 Å². The van der Waals surface area contributed by atoms with Crippen LogP contribution in [0.4, 0.5) is 0 Å². The number of benzene rings is 2. The molecule has 1 unspecified atom stereocenters. The molecule has 3 aromatic rings. The molecule has 3 heterocycles. The molecule has 2 aliphatic carbocycles. The maximum atomic E-state index is 14.6. The second kappa shape index (κ2) is 13.1. The molecular weight excluding hydrogens is 630 g/mol. The molecule has 1 N–H and O–H groups in total. The summed E-state index contributed by atoms with van der Waals surface area (Å²) in [7, 11) is -2.17. The van der Waals surface area contributed by atoms with Gasteiger partial charge in [0.05, 0.1) is 62.0 Å². The second-order valence-corrected chi connectivity index (χ2v) is 16.3. The highest BCUT2D eigenvalue weighted by atomic mass is 32.2. The van der Waals surface area contributed by atoms with Crippen LogP contribution in [0.2, 0.25) is 0 Å². The Kier molecular flexibility index (Phi) is 9.06. The molecule has 7 rings (SSSR count). The summed E-state index contributed by atoms with van der Waals surface area (Å²) in [5, 5.41) is 0.355. The molecule has 4 fully saturated rings. The Labute approximate surface area is 283 Å². The van der Waals surface area contributed by atoms with Crippen LogP contribution in [-0.2, 0) is 30.8 Å². The van der Waals surface area contributed by atoms with Gasteiger partial charge in [-0.25, -0.2) is 13.1 Å². The van der Waals surface area contributed by atoms with E-state index in [2.05, 4.69) is 21.4 Å². The van der Waals surface area contributed by atoms with Crippen LogP contribution in [0.1, 0.15) is 87.1 Å². The summed E-state index contributed by atoms with van der Waals surface area (Å²) in [4.78, 5) is 30.1. The molecule has 2 saturated heterocycles. The van der Waals surface area contributed by atoms with Gasteiger partial charge in [-0.05, 0) is 92.5 Å². The fourth-order valence-electron chi connectivity index (χ4n) is 7.95. The van der Waals surface area contributed by atoms with Crippen LogP contribution in [0.5, 0.6) is 5.75 Å². The molecule has 258 valence electrons. The zero-order valence-electron chi connectivity index (χ0n) is 28.2. The molecule has 48 heavy (non-hydrogen) atoms. The third kappa shape index (κ3) is 6.02. The van der Waals surface area contributed by atoms with Crippen molar-refractivity contribution in [2.45, 2.75) is 95.0 Å². The van der Waals surface area contributed by atoms with E-state index in [4.69, 9.17) is 14.2 Å². The quantitative estimate of drug-likeness (QED) is 0.296. The number of morpholine rings is 2. The fraction of sp³-hybridized carbons (Fsp3) is 0.568. The van der Waals surface area contributed by atoms with E-state index in [0.717, 1.165) is 66.4 Å². The van der Waals surface area contributed by atoms with Gasteiger partial charge >= 0.3 is 0 Å². The molecule has 1 atom stereocenters. The van der Waals surface area contributed by atoms with Crippen molar-refractivity contribution in [2.24, 2.45) is 5.41 Å². The van der Waals surface area contributed by atoms with Crippen LogP contribution < -0.4 is 9.46 Å². The van der Waals surface area contributed by atoms with Crippen molar-refractivity contribution in [3.8, 4) is 17.0 Å². The van der Waals surface area contributed by atoms with E-state index in [0.29, 0.717) is 45.3 Å². The monoisotopic (exact) mass is 677 g/mol. The molecule has 2 aliphatic heterocycles. The number of hydrogen-bond donors (Lipinski definition) is 1. The minimum absolute atomic E-state index is 0.0921. The van der Waals surface area contributed by atoms with E-state index in [1.54, 1.807) is 27.0 Å². The van der Waals surface area contributed by atoms with Crippen molar-refractivity contribution in [3.05, 3.63) is 53.6 Å². The molecule has 2 bridgehead atoms. The number of carbonyl (C=O) groups is 2. The maximum absolute atomic E-state index is 14.6. The Bertz CT molecular complexity index is 1770. The van der Waals surface area contributed by atoms with Crippen LogP contribution in [0, 0.1) is 5.41 Å². The van der Waals surface area contributed by atoms with Gasteiger partial charge in [0.25, 0.3) is 5.91 Å². The van der Waals surface area contributed by atoms with Crippen LogP contribution >= 0.6 is 0 Å². The Hall–Kier alpha value is -3.41. The van der Waals surface area contributed by atoms with Crippen molar-refractivity contribution >= 4 is 32.7 Å². The van der Waals surface area contributed by atoms with E-state index in [-0.39, 0.29) is 23.6 Å². The summed E-state index contributed by atoms with van der Waals surface area (Å²) < 4.78 is 47.4. The summed E-state index contributed by atoms with van der Waals surface area (Å²) in [5.74, 6) is 0.594. The number of aromatic nitrogens is 1. The molecule has 10 nitrogen and oxygen atoms in total. The van der Waals surface area contributed by atoms with E-state index < -0.39 is 26.6 Å². The van der Waals surface area contributed by atoms with Gasteiger partial charge in [-0.15, -0.1) is 0 Å². The zero-order valence-corrected chi connectivity index (χ0v) is 29.0. The highest BCUT2D eigenvalue weighted by molar-refractivity contribution is 7.90. The smallest absolute Gasteiger partial charge is 0.264 e. The number of nitrogens with one attached hydrogen (secondary N) is 1. The second-order valence-electron chi connectivity index (χ2n) is 14.2. The molecule has 2 amide bonds. The number of hydrogen-bond acceptors (Lipinski definition) is 7. The fourth-order valence-corrected chi connectivity index (χ4v) is 8.97. The van der Waals surface area contributed by atoms with Gasteiger partial charge in [0.1, 0.15) is 5.75 Å². The summed E-state index contributed by atoms with van der Waals surface area (Å²) in [5.41, 5.74) is 3.88. The van der Waals surface area contributed by atoms with Gasteiger partial charge in [-0.2, -0.15) is 0 Å². The first-order chi connectivity index (χ1) is 23.2. The van der Waals surface area contributed by atoms with Crippen LogP contribution in [0.15, 0.2) is 42.5 Å². The van der Waals surface area contributed by atoms with Crippen molar-refractivity contribution in [1.29, 1.82) is 0 Å². The highest BCUT2D eigenvalue weighted by Gasteiger charge is 2.56. The van der Waals surface area contributed by atoms with E-state index in [9.17, 15) is 18.0 Å². The number of carbonyl (C=O) groups excluding carboxylic acids is 2. The Balaban J connectivity index is 1.37. The molecule has 0 radical (unpaired) electrons. The van der Waals surface area contributed by atoms with E-state index in [1.807, 2.05) is 29.2 Å². The van der Waals surface area contributed by atoms with Crippen LogP contribution in [0.25, 0.3) is 22.2 Å². The molecule has 0 spiro atoms. The summed E-state index contributed by atoms with van der Waals surface area (Å²) in [6.45, 7) is 5.76. The summed E-state index contributed by atoms with van der Waals surface area (Å²) in [6, 6.07) is 13.5. The van der Waals surface area contributed by atoms with Gasteiger partial charge in [0.15, 0.2) is 0 Å². The lowest BCUT2D eigenvalue weighted by Gasteiger charge is -2.46. The number of amides is 2. The lowest BCUT2D eigenvalue weighted by atomic mass is 9.81. The number of sulfonamides is 1. The summed E-state index contributed by atoms with van der Waals surface area (Å²) in [6.07, 6.45) is 7.60. The normalized spacial score (nSPS) is 23.1. The number of ether oxygens (including phenoxy) is 3. The Morgan fingerprint density at radius 1 is 0.979 bits per heavy atom. The summed E-state index contributed by atoms with van der Waals surface area (Å²) >= 11 is 0. The Morgan fingerprint density at radius 2 is 1.62 bits per heavy atom. The average Bonchev–Trinajstić information content (AvgIpc) is 3.82. The number of nitrogens with zero attached hydrogens (tertiary/aromatic N) is 2. The predicted octanol–water partition coefficient (Wildman–Crippen LogP) is 5.63. The molecule has 2 saturated carbocycles. The molecule has 1 aromatic heterocycles. The first-order valence-electron chi connectivity index (χ1n) is 17.5. The predicted molar refractivity (Wildman–Crippen MR) is 184 cm³/mol. The largest absolute Gasteiger partial charge is 0.497 e. The molecular formula is C37H47N3O7S. The van der Waals surface area contributed by atoms with Gasteiger partial charge in [-0.1, -0.05) is 32.3 Å². The molecule has 11 heteroatoms. The van der Waals surface area contributed by atoms with Crippen LogP contribution in [0.3, 0.4) is 0 Å². The first-order valence-corrected chi connectivity index (χ1v) is 19.0. The van der Waals surface area contributed by atoms with Crippen molar-refractivity contribution in [3.63, 3.8) is 0 Å². The SMILES string of the molecule is CCC(C)S(=O)(=O)NC(=O)c1ccc2c(C3CCCCC3)c(-c3ccc(OC)cc3)n(CC3(C(=O)N4C5COCC4COC5)CC3)c2c1. The molecule has 2 aromatic carbocycles. The third-order valence-electron chi connectivity index (χ3n) is 11.1. The van der Waals surface area contributed by atoms with E-state index >= 15 is 0 Å². The minimum Gasteiger partial charge on any atom is -0.497 e. The highest BCUT2D eigenvalue weighted by Crippen LogP contribution is 2.53. The van der Waals surface area contributed by atoms with Crippen LogP contribution in [-0.4, -0.2) is 80.6 Å². The van der Waals surface area contributed by atoms with Gasteiger partial charge in [0, 0.05) is 23.0 Å². The molecule has 4 aliphatic rings. The maximum Gasteiger partial charge on any atom is 0.264 e. The number of fused-ring (bicyclic) bond motifs is 3. The topological polar surface area (TPSA) is 116 Å². The van der Waals surface area contributed by atoms with Crippen molar-refractivity contribution in [1.82, 2.24) is 14.2 Å². The minimum atomic E-state index is -3.83. The average molecular weight is 678 g/mol. The van der Waals surface area contributed by atoms with E-state index in [1.165, 1.54) is 12.0 Å². The standard InChI is InChI=1S/C37H47N3O7S/c1-4-24(2)48(43,44)38-35(41)27-12-15-31-32(18-27)39(23-37(16-17-37)36(42)40-28-19-46-21-29(40)22-47-20-28)34(26-10-13-30(45-3)14-11-26)33(31)25-8-6-5-7-9-25/h10-15,18,24-25,28-29H,4-9,16-17,19-23H2,1-3H3,(H,38,41). The van der Waals surface area contributed by atoms with Gasteiger partial charge in [-0.3, -0.25) is 9.59 Å². The number of methoxy groups -OCH3 is 1. The lowest BCUT2D eigenvalue weighted by Crippen LogP contribution is -2.63. The van der Waals surface area contributed by atoms with Gasteiger partial charge in [0.2, 0.25) is 15.9 Å². The van der Waals surface area contributed by atoms with Crippen molar-refractivity contribution < 1.29 is 32.2 Å². The first kappa shape index (κ1) is 33.1. The Morgan fingerprint density at radius 3 is 2.21 bits per heavy atom. The third-order valence-corrected chi connectivity index (χ3v) is 13.0. The lowest BCUT2D eigenvalue weighted by molar-refractivity contribution is -0.173.